The van der Waals surface area contributed by atoms with Crippen LogP contribution in [0, 0.1) is 0 Å². The number of aliphatic carboxylic acids is 1. The molecular weight excluding hydrogens is 273 g/mol. The SMILES string of the molecule is CC(O)(Cc1ccc(Cl)c(C(F)(F)F)c1)C(=O)O. The maximum Gasteiger partial charge on any atom is 0.417 e. The predicted octanol–water partition coefficient (Wildman–Crippen LogP) is 2.74. The average molecular weight is 283 g/mol. The number of benzene rings is 1. The second-order valence-electron chi connectivity index (χ2n) is 4.07. The quantitative estimate of drug-likeness (QED) is 0.896. The van der Waals surface area contributed by atoms with Gasteiger partial charge in [0.2, 0.25) is 0 Å². The fourth-order valence-corrected chi connectivity index (χ4v) is 1.60. The minimum atomic E-state index is -4.62. The Kier molecular flexibility index (Phi) is 3.92. The maximum atomic E-state index is 12.6. The Morgan fingerprint density at radius 1 is 1.39 bits per heavy atom. The number of halogens is 4. The molecule has 18 heavy (non-hydrogen) atoms. The summed E-state index contributed by atoms with van der Waals surface area (Å²) in [5.74, 6) is -1.51. The van der Waals surface area contributed by atoms with Gasteiger partial charge in [0.05, 0.1) is 10.6 Å². The van der Waals surface area contributed by atoms with Gasteiger partial charge in [-0.3, -0.25) is 0 Å². The fraction of sp³-hybridized carbons (Fsp3) is 0.364. The second kappa shape index (κ2) is 4.78. The highest BCUT2D eigenvalue weighted by Gasteiger charge is 2.35. The highest BCUT2D eigenvalue weighted by molar-refractivity contribution is 6.31. The van der Waals surface area contributed by atoms with Gasteiger partial charge >= 0.3 is 12.1 Å². The molecule has 0 bridgehead atoms. The van der Waals surface area contributed by atoms with Crippen LogP contribution in [-0.4, -0.2) is 21.8 Å². The largest absolute Gasteiger partial charge is 0.479 e. The third-order valence-electron chi connectivity index (χ3n) is 2.35. The second-order valence-corrected chi connectivity index (χ2v) is 4.47. The van der Waals surface area contributed by atoms with Crippen LogP contribution in [0.4, 0.5) is 13.2 Å². The van der Waals surface area contributed by atoms with Gasteiger partial charge in [-0.05, 0) is 24.6 Å². The number of rotatable bonds is 3. The van der Waals surface area contributed by atoms with Gasteiger partial charge in [-0.1, -0.05) is 17.7 Å². The first-order valence-corrected chi connectivity index (χ1v) is 5.23. The molecule has 0 fully saturated rings. The summed E-state index contributed by atoms with van der Waals surface area (Å²) in [5.41, 5.74) is -3.14. The molecule has 100 valence electrons. The van der Waals surface area contributed by atoms with E-state index in [1.807, 2.05) is 0 Å². The first kappa shape index (κ1) is 14.8. The smallest absolute Gasteiger partial charge is 0.417 e. The van der Waals surface area contributed by atoms with Crippen molar-refractivity contribution in [2.24, 2.45) is 0 Å². The molecule has 1 aromatic carbocycles. The molecule has 0 aliphatic carbocycles. The summed E-state index contributed by atoms with van der Waals surface area (Å²) in [5, 5.41) is 17.7. The summed E-state index contributed by atoms with van der Waals surface area (Å²) in [6.07, 6.45) is -5.06. The Labute approximate surface area is 106 Å². The van der Waals surface area contributed by atoms with Crippen molar-refractivity contribution in [1.82, 2.24) is 0 Å². The molecule has 1 aromatic rings. The van der Waals surface area contributed by atoms with Gasteiger partial charge in [-0.25, -0.2) is 4.79 Å². The average Bonchev–Trinajstić information content (AvgIpc) is 2.18. The van der Waals surface area contributed by atoms with E-state index in [0.29, 0.717) is 0 Å². The van der Waals surface area contributed by atoms with Crippen molar-refractivity contribution in [3.05, 3.63) is 34.3 Å². The molecule has 3 nitrogen and oxygen atoms in total. The Morgan fingerprint density at radius 2 is 1.94 bits per heavy atom. The monoisotopic (exact) mass is 282 g/mol. The van der Waals surface area contributed by atoms with Gasteiger partial charge in [0.1, 0.15) is 0 Å². The van der Waals surface area contributed by atoms with E-state index in [9.17, 15) is 23.1 Å². The van der Waals surface area contributed by atoms with Crippen LogP contribution in [0.5, 0.6) is 0 Å². The van der Waals surface area contributed by atoms with Crippen LogP contribution < -0.4 is 0 Å². The zero-order valence-electron chi connectivity index (χ0n) is 9.25. The summed E-state index contributed by atoms with van der Waals surface area (Å²) < 4.78 is 37.7. The number of hydrogen-bond acceptors (Lipinski definition) is 2. The standard InChI is InChI=1S/C11H10ClF3O3/c1-10(18,9(16)17)5-6-2-3-8(12)7(4-6)11(13,14)15/h2-4,18H,5H2,1H3,(H,16,17). The van der Waals surface area contributed by atoms with Crippen molar-refractivity contribution in [3.8, 4) is 0 Å². The van der Waals surface area contributed by atoms with Crippen molar-refractivity contribution in [2.75, 3.05) is 0 Å². The van der Waals surface area contributed by atoms with Crippen molar-refractivity contribution in [3.63, 3.8) is 0 Å². The molecule has 0 aromatic heterocycles. The van der Waals surface area contributed by atoms with Crippen molar-refractivity contribution in [1.29, 1.82) is 0 Å². The fourth-order valence-electron chi connectivity index (χ4n) is 1.37. The van der Waals surface area contributed by atoms with Gasteiger partial charge in [0, 0.05) is 6.42 Å². The van der Waals surface area contributed by atoms with Gasteiger partial charge in [-0.2, -0.15) is 13.2 Å². The summed E-state index contributed by atoms with van der Waals surface area (Å²) in [7, 11) is 0. The summed E-state index contributed by atoms with van der Waals surface area (Å²) in [6, 6.07) is 3.01. The first-order valence-electron chi connectivity index (χ1n) is 4.85. The highest BCUT2D eigenvalue weighted by atomic mass is 35.5. The Morgan fingerprint density at radius 3 is 2.39 bits per heavy atom. The topological polar surface area (TPSA) is 57.5 Å². The Bertz CT molecular complexity index is 469. The number of carboxylic acids is 1. The van der Waals surface area contributed by atoms with E-state index >= 15 is 0 Å². The van der Waals surface area contributed by atoms with Crippen LogP contribution in [0.2, 0.25) is 5.02 Å². The summed E-state index contributed by atoms with van der Waals surface area (Å²) >= 11 is 5.42. The minimum Gasteiger partial charge on any atom is -0.479 e. The zero-order chi connectivity index (χ0) is 14.1. The lowest BCUT2D eigenvalue weighted by atomic mass is 9.95. The van der Waals surface area contributed by atoms with Crippen molar-refractivity contribution < 1.29 is 28.2 Å². The molecule has 0 saturated heterocycles. The molecule has 0 amide bonds. The van der Waals surface area contributed by atoms with E-state index in [1.165, 1.54) is 6.07 Å². The molecule has 0 heterocycles. The van der Waals surface area contributed by atoms with E-state index in [4.69, 9.17) is 16.7 Å². The van der Waals surface area contributed by atoms with Gasteiger partial charge in [0.25, 0.3) is 0 Å². The molecule has 0 aliphatic heterocycles. The molecule has 1 atom stereocenters. The van der Waals surface area contributed by atoms with E-state index < -0.39 is 34.8 Å². The van der Waals surface area contributed by atoms with Gasteiger partial charge < -0.3 is 10.2 Å². The van der Waals surface area contributed by atoms with E-state index in [0.717, 1.165) is 19.1 Å². The van der Waals surface area contributed by atoms with Crippen molar-refractivity contribution >= 4 is 17.6 Å². The molecule has 7 heteroatoms. The number of carboxylic acid groups (broad SMARTS) is 1. The number of alkyl halides is 3. The van der Waals surface area contributed by atoms with Crippen LogP contribution >= 0.6 is 11.6 Å². The van der Waals surface area contributed by atoms with Crippen LogP contribution in [0.25, 0.3) is 0 Å². The van der Waals surface area contributed by atoms with E-state index in [1.54, 1.807) is 0 Å². The minimum absolute atomic E-state index is 0.0409. The third-order valence-corrected chi connectivity index (χ3v) is 2.67. The number of carbonyl (C=O) groups is 1. The van der Waals surface area contributed by atoms with Crippen LogP contribution in [0.3, 0.4) is 0 Å². The lowest BCUT2D eigenvalue weighted by Crippen LogP contribution is -2.37. The molecule has 0 saturated carbocycles. The summed E-state index contributed by atoms with van der Waals surface area (Å²) in [4.78, 5) is 10.7. The first-order chi connectivity index (χ1) is 8.04. The van der Waals surface area contributed by atoms with Crippen molar-refractivity contribution in [2.45, 2.75) is 25.1 Å². The van der Waals surface area contributed by atoms with Crippen LogP contribution in [-0.2, 0) is 17.4 Å². The van der Waals surface area contributed by atoms with Gasteiger partial charge in [-0.15, -0.1) is 0 Å². The lowest BCUT2D eigenvalue weighted by molar-refractivity contribution is -0.156. The predicted molar refractivity (Wildman–Crippen MR) is 58.4 cm³/mol. The molecule has 0 aliphatic rings. The van der Waals surface area contributed by atoms with Crippen LogP contribution in [0.15, 0.2) is 18.2 Å². The lowest BCUT2D eigenvalue weighted by Gasteiger charge is -2.19. The molecule has 0 spiro atoms. The normalized spacial score (nSPS) is 15.2. The highest BCUT2D eigenvalue weighted by Crippen LogP contribution is 2.35. The number of aliphatic hydroxyl groups is 1. The summed E-state index contributed by atoms with van der Waals surface area (Å²) in [6.45, 7) is 1.01. The molecular formula is C11H10ClF3O3. The van der Waals surface area contributed by atoms with E-state index in [2.05, 4.69) is 0 Å². The third kappa shape index (κ3) is 3.36. The Balaban J connectivity index is 3.11. The molecule has 1 unspecified atom stereocenters. The van der Waals surface area contributed by atoms with E-state index in [-0.39, 0.29) is 5.56 Å². The zero-order valence-corrected chi connectivity index (χ0v) is 10.0. The Hall–Kier alpha value is -1.27. The maximum absolute atomic E-state index is 12.6. The van der Waals surface area contributed by atoms with Crippen LogP contribution in [0.1, 0.15) is 18.1 Å². The molecule has 1 rings (SSSR count). The number of hydrogen-bond donors (Lipinski definition) is 2. The van der Waals surface area contributed by atoms with Gasteiger partial charge in [0.15, 0.2) is 5.60 Å². The molecule has 2 N–H and O–H groups in total. The molecule has 0 radical (unpaired) electrons.